The van der Waals surface area contributed by atoms with Gasteiger partial charge < -0.3 is 15.5 Å². The monoisotopic (exact) mass is 544 g/mol. The molecule has 0 bridgehead atoms. The Bertz CT molecular complexity index is 1460. The third-order valence-corrected chi connectivity index (χ3v) is 7.42. The van der Waals surface area contributed by atoms with Crippen LogP contribution in [-0.4, -0.2) is 64.8 Å². The van der Waals surface area contributed by atoms with E-state index in [1.807, 2.05) is 36.5 Å². The van der Waals surface area contributed by atoms with Crippen LogP contribution >= 0.6 is 0 Å². The molecule has 8 nitrogen and oxygen atoms in total. The molecular formula is C30H30F2N6O2. The average molecular weight is 545 g/mol. The second kappa shape index (κ2) is 11.9. The molecule has 3 aromatic rings. The lowest BCUT2D eigenvalue weighted by Crippen LogP contribution is -2.43. The van der Waals surface area contributed by atoms with Crippen molar-refractivity contribution in [1.29, 1.82) is 5.26 Å². The fourth-order valence-electron chi connectivity index (χ4n) is 5.24. The van der Waals surface area contributed by atoms with Crippen molar-refractivity contribution in [3.63, 3.8) is 0 Å². The fourth-order valence-corrected chi connectivity index (χ4v) is 5.24. The number of hydrogen-bond acceptors (Lipinski definition) is 6. The predicted molar refractivity (Wildman–Crippen MR) is 147 cm³/mol. The summed E-state index contributed by atoms with van der Waals surface area (Å²) in [4.78, 5) is 35.2. The van der Waals surface area contributed by atoms with Crippen LogP contribution in [0.15, 0.2) is 48.8 Å². The second-order valence-corrected chi connectivity index (χ2v) is 10.4. The third kappa shape index (κ3) is 6.49. The zero-order valence-electron chi connectivity index (χ0n) is 21.9. The Hall–Kier alpha value is -4.23. The average Bonchev–Trinajstić information content (AvgIpc) is 3.30. The van der Waals surface area contributed by atoms with Crippen LogP contribution in [-0.2, 0) is 11.2 Å². The van der Waals surface area contributed by atoms with Gasteiger partial charge in [0.1, 0.15) is 6.04 Å². The summed E-state index contributed by atoms with van der Waals surface area (Å²) in [6.07, 6.45) is 9.88. The number of fused-ring (bicyclic) bond motifs is 1. The van der Waals surface area contributed by atoms with E-state index < -0.39 is 43.3 Å². The highest BCUT2D eigenvalue weighted by Gasteiger charge is 2.47. The Balaban J connectivity index is 1.25. The molecule has 0 radical (unpaired) electrons. The molecule has 0 aliphatic carbocycles. The van der Waals surface area contributed by atoms with Crippen molar-refractivity contribution in [3.8, 4) is 6.07 Å². The number of hydrogen-bond donors (Lipinski definition) is 2. The van der Waals surface area contributed by atoms with E-state index in [9.17, 15) is 18.4 Å². The second-order valence-electron chi connectivity index (χ2n) is 10.4. The van der Waals surface area contributed by atoms with Crippen LogP contribution in [0.1, 0.15) is 46.4 Å². The number of halogens is 2. The number of nitriles is 1. The van der Waals surface area contributed by atoms with E-state index >= 15 is 0 Å². The van der Waals surface area contributed by atoms with E-state index in [1.54, 1.807) is 18.2 Å². The summed E-state index contributed by atoms with van der Waals surface area (Å²) in [6, 6.07) is 11.7. The molecule has 4 heterocycles. The van der Waals surface area contributed by atoms with Gasteiger partial charge in [-0.25, -0.2) is 8.78 Å². The first-order valence-electron chi connectivity index (χ1n) is 13.4. The molecule has 10 heteroatoms. The summed E-state index contributed by atoms with van der Waals surface area (Å²) >= 11 is 0. The lowest BCUT2D eigenvalue weighted by molar-refractivity contribution is -0.131. The zero-order chi connectivity index (χ0) is 28.1. The number of benzene rings is 1. The molecule has 2 aliphatic heterocycles. The van der Waals surface area contributed by atoms with Gasteiger partial charge in [-0.05, 0) is 73.7 Å². The normalized spacial score (nSPS) is 19.1. The van der Waals surface area contributed by atoms with Crippen LogP contribution in [0.5, 0.6) is 0 Å². The first-order chi connectivity index (χ1) is 19.3. The number of pyridine rings is 2. The van der Waals surface area contributed by atoms with Crippen LogP contribution in [0.3, 0.4) is 0 Å². The van der Waals surface area contributed by atoms with Crippen molar-refractivity contribution in [2.75, 3.05) is 26.2 Å². The van der Waals surface area contributed by atoms with E-state index in [-0.39, 0.29) is 0 Å². The van der Waals surface area contributed by atoms with Gasteiger partial charge in [0.05, 0.1) is 30.2 Å². The van der Waals surface area contributed by atoms with Crippen LogP contribution < -0.4 is 10.6 Å². The molecular weight excluding hydrogens is 514 g/mol. The van der Waals surface area contributed by atoms with Crippen molar-refractivity contribution in [3.05, 3.63) is 71.2 Å². The lowest BCUT2D eigenvalue weighted by atomic mass is 9.93. The minimum Gasteiger partial charge on any atom is -0.343 e. The number of aromatic nitrogens is 2. The van der Waals surface area contributed by atoms with Gasteiger partial charge in [0, 0.05) is 29.9 Å². The van der Waals surface area contributed by atoms with Gasteiger partial charge in [-0.3, -0.25) is 19.6 Å². The number of likely N-dealkylation sites (tertiary alicyclic amines) is 1. The number of alkyl halides is 2. The maximum absolute atomic E-state index is 13.7. The molecule has 2 aliphatic rings. The summed E-state index contributed by atoms with van der Waals surface area (Å²) < 4.78 is 27.4. The summed E-state index contributed by atoms with van der Waals surface area (Å²) in [5.74, 6) is -3.70. The van der Waals surface area contributed by atoms with Gasteiger partial charge in [-0.1, -0.05) is 24.3 Å². The minimum atomic E-state index is -3.11. The Morgan fingerprint density at radius 2 is 1.90 bits per heavy atom. The fraction of sp³-hybridized carbons (Fsp3) is 0.367. The number of amides is 2. The lowest BCUT2D eigenvalue weighted by Gasteiger charge is -2.22. The molecule has 1 unspecified atom stereocenters. The van der Waals surface area contributed by atoms with Crippen molar-refractivity contribution in [2.24, 2.45) is 5.92 Å². The van der Waals surface area contributed by atoms with Crippen LogP contribution in [0.2, 0.25) is 0 Å². The molecule has 2 amide bonds. The van der Waals surface area contributed by atoms with Crippen LogP contribution in [0, 0.1) is 17.2 Å². The van der Waals surface area contributed by atoms with Crippen molar-refractivity contribution in [2.45, 2.75) is 37.6 Å². The van der Waals surface area contributed by atoms with E-state index in [4.69, 9.17) is 5.26 Å². The zero-order valence-corrected chi connectivity index (χ0v) is 21.9. The van der Waals surface area contributed by atoms with Crippen molar-refractivity contribution in [1.82, 2.24) is 25.5 Å². The number of nitrogens with zero attached hydrogens (tertiary/aromatic N) is 4. The van der Waals surface area contributed by atoms with Crippen molar-refractivity contribution >= 4 is 34.9 Å². The standard InChI is InChI=1S/C30H30F2N6O2/c31-30(32)15-24(16-33)38(19-30)28(39)18-37-29(40)25-9-12-35-27-6-4-20(14-26(25)27)1-2-22-3-5-23(36-17-22)13-21-7-10-34-11-8-21/h1-6,9,12,14,17,21,24,34H,7-8,10-11,13,15,18-19H2,(H,37,40)/b2-1+. The third-order valence-electron chi connectivity index (χ3n) is 7.42. The van der Waals surface area contributed by atoms with E-state index in [0.717, 1.165) is 41.2 Å². The predicted octanol–water partition coefficient (Wildman–Crippen LogP) is 3.83. The summed E-state index contributed by atoms with van der Waals surface area (Å²) in [6.45, 7) is 0.815. The SMILES string of the molecule is N#CC1CC(F)(F)CN1C(=O)CNC(=O)c1ccnc2ccc(/C=C/c3ccc(CC4CCNCC4)nc3)cc12. The van der Waals surface area contributed by atoms with Crippen molar-refractivity contribution < 1.29 is 18.4 Å². The quantitative estimate of drug-likeness (QED) is 0.468. The molecule has 2 saturated heterocycles. The highest BCUT2D eigenvalue weighted by molar-refractivity contribution is 6.07. The molecule has 2 aromatic heterocycles. The largest absolute Gasteiger partial charge is 0.343 e. The van der Waals surface area contributed by atoms with Gasteiger partial charge in [-0.2, -0.15) is 5.26 Å². The smallest absolute Gasteiger partial charge is 0.268 e. The van der Waals surface area contributed by atoms with Gasteiger partial charge in [0.15, 0.2) is 0 Å². The van der Waals surface area contributed by atoms with Gasteiger partial charge in [-0.15, -0.1) is 0 Å². The Morgan fingerprint density at radius 1 is 1.12 bits per heavy atom. The summed E-state index contributed by atoms with van der Waals surface area (Å²) in [5.41, 5.74) is 3.81. The maximum Gasteiger partial charge on any atom is 0.268 e. The maximum atomic E-state index is 13.7. The van der Waals surface area contributed by atoms with Crippen LogP contribution in [0.25, 0.3) is 23.1 Å². The highest BCUT2D eigenvalue weighted by Crippen LogP contribution is 2.31. The Labute approximate surface area is 231 Å². The first kappa shape index (κ1) is 27.3. The van der Waals surface area contributed by atoms with Gasteiger partial charge in [0.2, 0.25) is 5.91 Å². The highest BCUT2D eigenvalue weighted by atomic mass is 19.3. The Morgan fingerprint density at radius 3 is 2.65 bits per heavy atom. The topological polar surface area (TPSA) is 111 Å². The number of carbonyl (C=O) groups excluding carboxylic acids is 2. The molecule has 0 saturated carbocycles. The summed E-state index contributed by atoms with van der Waals surface area (Å²) in [5, 5.41) is 15.6. The first-order valence-corrected chi connectivity index (χ1v) is 13.4. The van der Waals surface area contributed by atoms with E-state index in [1.165, 1.54) is 19.0 Å². The molecule has 2 N–H and O–H groups in total. The molecule has 2 fully saturated rings. The Kier molecular flexibility index (Phi) is 8.12. The molecule has 1 atom stereocenters. The number of carbonyl (C=O) groups is 2. The van der Waals surface area contributed by atoms with Gasteiger partial charge >= 0.3 is 0 Å². The number of nitrogens with one attached hydrogen (secondary N) is 2. The van der Waals surface area contributed by atoms with Gasteiger partial charge in [0.25, 0.3) is 11.8 Å². The van der Waals surface area contributed by atoms with E-state index in [0.29, 0.717) is 22.4 Å². The van der Waals surface area contributed by atoms with E-state index in [2.05, 4.69) is 26.7 Å². The molecule has 0 spiro atoms. The summed E-state index contributed by atoms with van der Waals surface area (Å²) in [7, 11) is 0. The molecule has 1 aromatic carbocycles. The van der Waals surface area contributed by atoms with Crippen LogP contribution in [0.4, 0.5) is 8.78 Å². The molecule has 206 valence electrons. The minimum absolute atomic E-state index is 0.306. The number of piperidine rings is 1. The molecule has 40 heavy (non-hydrogen) atoms. The number of rotatable bonds is 7. The molecule has 5 rings (SSSR count).